The van der Waals surface area contributed by atoms with Crippen LogP contribution >= 0.6 is 23.7 Å². The SMILES string of the molecule is CC(=O)NC(C)C1CCN(Cc2cnc(N)s2)CC1.Cl. The number of nitrogens with zero attached hydrogens (tertiary/aromatic N) is 2. The quantitative estimate of drug-likeness (QED) is 0.889. The fourth-order valence-electron chi connectivity index (χ4n) is 2.67. The molecule has 7 heteroatoms. The van der Waals surface area contributed by atoms with E-state index in [9.17, 15) is 4.79 Å². The molecule has 1 atom stereocenters. The molecule has 2 heterocycles. The van der Waals surface area contributed by atoms with E-state index in [1.807, 2.05) is 6.20 Å². The van der Waals surface area contributed by atoms with Gasteiger partial charge in [0.15, 0.2) is 5.13 Å². The summed E-state index contributed by atoms with van der Waals surface area (Å²) in [4.78, 5) is 18.8. The number of hydrogen-bond donors (Lipinski definition) is 2. The summed E-state index contributed by atoms with van der Waals surface area (Å²) < 4.78 is 0. The van der Waals surface area contributed by atoms with Gasteiger partial charge in [-0.1, -0.05) is 0 Å². The lowest BCUT2D eigenvalue weighted by Crippen LogP contribution is -2.43. The molecule has 0 aromatic carbocycles. The number of carbonyl (C=O) groups is 1. The monoisotopic (exact) mass is 318 g/mol. The fourth-order valence-corrected chi connectivity index (χ4v) is 3.39. The molecule has 0 spiro atoms. The first-order valence-corrected chi connectivity index (χ1v) is 7.56. The number of nitrogens with one attached hydrogen (secondary N) is 1. The van der Waals surface area contributed by atoms with E-state index in [0.29, 0.717) is 11.0 Å². The Hall–Kier alpha value is -0.850. The van der Waals surface area contributed by atoms with Crippen molar-refractivity contribution in [2.75, 3.05) is 18.8 Å². The van der Waals surface area contributed by atoms with Gasteiger partial charge in [-0.15, -0.1) is 23.7 Å². The van der Waals surface area contributed by atoms with E-state index in [0.717, 1.165) is 32.5 Å². The van der Waals surface area contributed by atoms with Crippen molar-refractivity contribution in [1.82, 2.24) is 15.2 Å². The first-order valence-electron chi connectivity index (χ1n) is 6.74. The van der Waals surface area contributed by atoms with Crippen molar-refractivity contribution >= 4 is 34.8 Å². The van der Waals surface area contributed by atoms with Crippen molar-refractivity contribution in [2.45, 2.75) is 39.3 Å². The molecule has 2 rings (SSSR count). The molecule has 1 saturated heterocycles. The Morgan fingerprint density at radius 2 is 2.25 bits per heavy atom. The molecular weight excluding hydrogens is 296 g/mol. The Kier molecular flexibility index (Phi) is 6.71. The zero-order valence-electron chi connectivity index (χ0n) is 12.0. The third kappa shape index (κ3) is 4.92. The molecule has 1 unspecified atom stereocenters. The Balaban J connectivity index is 0.00000200. The van der Waals surface area contributed by atoms with Gasteiger partial charge in [0.25, 0.3) is 0 Å². The minimum Gasteiger partial charge on any atom is -0.375 e. The average molecular weight is 319 g/mol. The van der Waals surface area contributed by atoms with Crippen LogP contribution in [0.2, 0.25) is 0 Å². The third-order valence-corrected chi connectivity index (χ3v) is 4.53. The molecule has 0 aliphatic carbocycles. The molecule has 1 aliphatic rings. The van der Waals surface area contributed by atoms with Crippen molar-refractivity contribution in [3.8, 4) is 0 Å². The van der Waals surface area contributed by atoms with Crippen LogP contribution in [-0.2, 0) is 11.3 Å². The largest absolute Gasteiger partial charge is 0.375 e. The van der Waals surface area contributed by atoms with Gasteiger partial charge in [-0.25, -0.2) is 4.98 Å². The first-order chi connectivity index (χ1) is 9.04. The summed E-state index contributed by atoms with van der Waals surface area (Å²) >= 11 is 1.56. The Labute approximate surface area is 130 Å². The third-order valence-electron chi connectivity index (χ3n) is 3.72. The van der Waals surface area contributed by atoms with Gasteiger partial charge in [0.05, 0.1) is 0 Å². The minimum absolute atomic E-state index is 0. The number of thiazole rings is 1. The van der Waals surface area contributed by atoms with Gasteiger partial charge in [0.2, 0.25) is 5.91 Å². The van der Waals surface area contributed by atoms with E-state index in [2.05, 4.69) is 22.1 Å². The number of nitrogens with two attached hydrogens (primary N) is 1. The fraction of sp³-hybridized carbons (Fsp3) is 0.692. The molecule has 0 saturated carbocycles. The van der Waals surface area contributed by atoms with Crippen LogP contribution in [0.3, 0.4) is 0 Å². The van der Waals surface area contributed by atoms with E-state index in [-0.39, 0.29) is 24.4 Å². The number of piperidine rings is 1. The Bertz CT molecular complexity index is 432. The van der Waals surface area contributed by atoms with Crippen LogP contribution in [0, 0.1) is 5.92 Å². The molecular formula is C13H23ClN4OS. The smallest absolute Gasteiger partial charge is 0.217 e. The van der Waals surface area contributed by atoms with Gasteiger partial charge in [-0.05, 0) is 38.8 Å². The van der Waals surface area contributed by atoms with Gasteiger partial charge >= 0.3 is 0 Å². The highest BCUT2D eigenvalue weighted by Crippen LogP contribution is 2.23. The van der Waals surface area contributed by atoms with E-state index < -0.39 is 0 Å². The van der Waals surface area contributed by atoms with Gasteiger partial charge < -0.3 is 11.1 Å². The van der Waals surface area contributed by atoms with Crippen LogP contribution in [0.5, 0.6) is 0 Å². The highest BCUT2D eigenvalue weighted by Gasteiger charge is 2.24. The van der Waals surface area contributed by atoms with Crippen molar-refractivity contribution in [3.05, 3.63) is 11.1 Å². The maximum absolute atomic E-state index is 11.1. The molecule has 0 radical (unpaired) electrons. The van der Waals surface area contributed by atoms with Crippen LogP contribution in [-0.4, -0.2) is 34.9 Å². The van der Waals surface area contributed by atoms with E-state index >= 15 is 0 Å². The Morgan fingerprint density at radius 1 is 1.60 bits per heavy atom. The summed E-state index contributed by atoms with van der Waals surface area (Å²) in [6.07, 6.45) is 4.14. The van der Waals surface area contributed by atoms with Crippen molar-refractivity contribution in [1.29, 1.82) is 0 Å². The number of anilines is 1. The zero-order chi connectivity index (χ0) is 13.8. The number of aromatic nitrogens is 1. The number of amides is 1. The van der Waals surface area contributed by atoms with Gasteiger partial charge in [0, 0.05) is 30.6 Å². The summed E-state index contributed by atoms with van der Waals surface area (Å²) in [5.41, 5.74) is 5.64. The summed E-state index contributed by atoms with van der Waals surface area (Å²) in [5, 5.41) is 3.64. The molecule has 20 heavy (non-hydrogen) atoms. The number of halogens is 1. The van der Waals surface area contributed by atoms with Crippen molar-refractivity contribution in [3.63, 3.8) is 0 Å². The number of carbonyl (C=O) groups excluding carboxylic acids is 1. The second-order valence-electron chi connectivity index (χ2n) is 5.27. The summed E-state index contributed by atoms with van der Waals surface area (Å²) in [5.74, 6) is 0.654. The normalized spacial score (nSPS) is 18.3. The average Bonchev–Trinajstić information content (AvgIpc) is 2.75. The van der Waals surface area contributed by atoms with Gasteiger partial charge in [0.1, 0.15) is 0 Å². The first kappa shape index (κ1) is 17.2. The summed E-state index contributed by atoms with van der Waals surface area (Å²) in [7, 11) is 0. The lowest BCUT2D eigenvalue weighted by Gasteiger charge is -2.34. The van der Waals surface area contributed by atoms with Crippen LogP contribution < -0.4 is 11.1 Å². The Morgan fingerprint density at radius 3 is 2.75 bits per heavy atom. The second-order valence-corrected chi connectivity index (χ2v) is 6.41. The zero-order valence-corrected chi connectivity index (χ0v) is 13.6. The maximum Gasteiger partial charge on any atom is 0.217 e. The van der Waals surface area contributed by atoms with Crippen LogP contribution in [0.1, 0.15) is 31.6 Å². The molecule has 1 aromatic heterocycles. The van der Waals surface area contributed by atoms with Gasteiger partial charge in [-0.3, -0.25) is 9.69 Å². The topological polar surface area (TPSA) is 71.2 Å². The number of nitrogen functional groups attached to an aromatic ring is 1. The number of hydrogen-bond acceptors (Lipinski definition) is 5. The molecule has 1 amide bonds. The molecule has 0 bridgehead atoms. The molecule has 114 valence electrons. The molecule has 1 fully saturated rings. The summed E-state index contributed by atoms with van der Waals surface area (Å²) in [6.45, 7) is 6.78. The van der Waals surface area contributed by atoms with Crippen LogP contribution in [0.15, 0.2) is 6.20 Å². The molecule has 1 aromatic rings. The lowest BCUT2D eigenvalue weighted by molar-refractivity contribution is -0.120. The van der Waals surface area contributed by atoms with E-state index in [1.165, 1.54) is 4.88 Å². The number of likely N-dealkylation sites (tertiary alicyclic amines) is 1. The van der Waals surface area contributed by atoms with Gasteiger partial charge in [-0.2, -0.15) is 0 Å². The van der Waals surface area contributed by atoms with Crippen LogP contribution in [0.25, 0.3) is 0 Å². The predicted molar refractivity (Wildman–Crippen MR) is 85.1 cm³/mol. The van der Waals surface area contributed by atoms with E-state index in [1.54, 1.807) is 18.3 Å². The summed E-state index contributed by atoms with van der Waals surface area (Å²) in [6, 6.07) is 0.277. The lowest BCUT2D eigenvalue weighted by atomic mass is 9.90. The molecule has 5 nitrogen and oxygen atoms in total. The second kappa shape index (κ2) is 7.81. The van der Waals surface area contributed by atoms with Crippen molar-refractivity contribution < 1.29 is 4.79 Å². The van der Waals surface area contributed by atoms with Crippen molar-refractivity contribution in [2.24, 2.45) is 5.92 Å². The predicted octanol–water partition coefficient (Wildman–Crippen LogP) is 1.88. The minimum atomic E-state index is 0. The molecule has 1 aliphatic heterocycles. The highest BCUT2D eigenvalue weighted by atomic mass is 35.5. The standard InChI is InChI=1S/C13H22N4OS.ClH/c1-9(16-10(2)18)11-3-5-17(6-4-11)8-12-7-15-13(14)19-12;/h7,9,11H,3-6,8H2,1-2H3,(H2,14,15)(H,16,18);1H. The number of rotatable bonds is 4. The molecule has 3 N–H and O–H groups in total. The maximum atomic E-state index is 11.1. The highest BCUT2D eigenvalue weighted by molar-refractivity contribution is 7.15. The van der Waals surface area contributed by atoms with Crippen LogP contribution in [0.4, 0.5) is 5.13 Å². The van der Waals surface area contributed by atoms with E-state index in [4.69, 9.17) is 5.73 Å².